The lowest BCUT2D eigenvalue weighted by atomic mass is 9.71. The van der Waals surface area contributed by atoms with E-state index < -0.39 is 6.04 Å². The maximum absolute atomic E-state index is 11.7. The molecule has 0 saturated carbocycles. The van der Waals surface area contributed by atoms with Crippen LogP contribution in [0.4, 0.5) is 0 Å². The Hall–Kier alpha value is -3.35. The molecular formula is C32H43N3O6. The number of phenolic OH excluding ortho intramolecular Hbond substituents is 2. The molecule has 5 rings (SSSR count). The van der Waals surface area contributed by atoms with E-state index >= 15 is 0 Å². The maximum Gasteiger partial charge on any atom is 0.167 e. The number of aromatic hydroxyl groups is 2. The number of benzene rings is 2. The molecule has 9 nitrogen and oxygen atoms in total. The number of piperazine rings is 1. The van der Waals surface area contributed by atoms with Crippen LogP contribution in [-0.4, -0.2) is 73.6 Å². The number of hydrogen-bond acceptors (Lipinski definition) is 9. The van der Waals surface area contributed by atoms with Gasteiger partial charge in [0.1, 0.15) is 17.5 Å². The highest BCUT2D eigenvalue weighted by molar-refractivity contribution is 5.67. The van der Waals surface area contributed by atoms with Crippen LogP contribution in [0.1, 0.15) is 78.1 Å². The first kappa shape index (κ1) is 29.2. The molecule has 1 saturated heterocycles. The molecule has 2 aromatic carbocycles. The highest BCUT2D eigenvalue weighted by Crippen LogP contribution is 2.59. The van der Waals surface area contributed by atoms with Crippen molar-refractivity contribution in [3.63, 3.8) is 0 Å². The van der Waals surface area contributed by atoms with Crippen molar-refractivity contribution < 1.29 is 29.2 Å². The summed E-state index contributed by atoms with van der Waals surface area (Å²) in [5, 5.41) is 34.1. The molecule has 0 radical (unpaired) electrons. The number of unbranched alkanes of at least 4 members (excludes halogenated alkanes) is 2. The predicted octanol–water partition coefficient (Wildman–Crippen LogP) is 5.10. The summed E-state index contributed by atoms with van der Waals surface area (Å²) in [5.41, 5.74) is 4.95. The predicted molar refractivity (Wildman–Crippen MR) is 156 cm³/mol. The number of fused-ring (bicyclic) bond motifs is 7. The number of hydrogen-bond donors (Lipinski definition) is 2. The van der Waals surface area contributed by atoms with E-state index in [9.17, 15) is 15.5 Å². The molecule has 2 N–H and O–H groups in total. The molecule has 0 aromatic heterocycles. The van der Waals surface area contributed by atoms with Crippen molar-refractivity contribution in [1.29, 1.82) is 5.26 Å². The minimum Gasteiger partial charge on any atom is -0.504 e. The number of likely N-dealkylation sites (N-methyl/N-ethyl adjacent to an activating group) is 1. The zero-order valence-corrected chi connectivity index (χ0v) is 25.5. The Bertz CT molecular complexity index is 1390. The van der Waals surface area contributed by atoms with Gasteiger partial charge in [-0.05, 0) is 40.2 Å². The van der Waals surface area contributed by atoms with Crippen LogP contribution in [-0.2, 0) is 12.8 Å². The third-order valence-electron chi connectivity index (χ3n) is 9.74. The molecule has 0 aliphatic carbocycles. The van der Waals surface area contributed by atoms with Crippen molar-refractivity contribution >= 4 is 0 Å². The van der Waals surface area contributed by atoms with Crippen LogP contribution in [0.15, 0.2) is 0 Å². The molecule has 3 heterocycles. The molecular weight excluding hydrogens is 522 g/mol. The lowest BCUT2D eigenvalue weighted by Gasteiger charge is -2.60. The van der Waals surface area contributed by atoms with E-state index in [1.165, 1.54) is 0 Å². The summed E-state index contributed by atoms with van der Waals surface area (Å²) in [6.45, 7) is 5.97. The van der Waals surface area contributed by atoms with Crippen molar-refractivity contribution in [3.8, 4) is 40.6 Å². The average Bonchev–Trinajstić information content (AvgIpc) is 2.94. The molecule has 3 aliphatic rings. The van der Waals surface area contributed by atoms with E-state index in [2.05, 4.69) is 22.8 Å². The number of nitrogens with zero attached hydrogens (tertiary/aromatic N) is 3. The molecule has 41 heavy (non-hydrogen) atoms. The van der Waals surface area contributed by atoms with Gasteiger partial charge in [0.25, 0.3) is 0 Å². The van der Waals surface area contributed by atoms with Gasteiger partial charge in [0, 0.05) is 51.5 Å². The van der Waals surface area contributed by atoms with Gasteiger partial charge in [-0.2, -0.15) is 5.26 Å². The van der Waals surface area contributed by atoms with Crippen LogP contribution in [0.5, 0.6) is 34.5 Å². The van der Waals surface area contributed by atoms with E-state index in [0.29, 0.717) is 35.8 Å². The monoisotopic (exact) mass is 565 g/mol. The first-order valence-electron chi connectivity index (χ1n) is 14.5. The van der Waals surface area contributed by atoms with Gasteiger partial charge >= 0.3 is 0 Å². The van der Waals surface area contributed by atoms with Gasteiger partial charge in [0.05, 0.1) is 40.6 Å². The van der Waals surface area contributed by atoms with E-state index in [-0.39, 0.29) is 35.7 Å². The lowest BCUT2D eigenvalue weighted by Crippen LogP contribution is -2.68. The second kappa shape index (κ2) is 11.1. The van der Waals surface area contributed by atoms with Crippen LogP contribution < -0.4 is 18.9 Å². The summed E-state index contributed by atoms with van der Waals surface area (Å²) in [7, 11) is 8.47. The Morgan fingerprint density at radius 1 is 0.805 bits per heavy atom. The summed E-state index contributed by atoms with van der Waals surface area (Å²) >= 11 is 0. The highest BCUT2D eigenvalue weighted by atomic mass is 16.5. The zero-order valence-electron chi connectivity index (χ0n) is 25.5. The van der Waals surface area contributed by atoms with Gasteiger partial charge in [0.15, 0.2) is 23.0 Å². The summed E-state index contributed by atoms with van der Waals surface area (Å²) in [6, 6.07) is 1.44. The number of ether oxygens (including phenoxy) is 4. The Morgan fingerprint density at radius 3 is 1.83 bits per heavy atom. The molecule has 2 aromatic rings. The number of phenols is 2. The number of nitriles is 1. The van der Waals surface area contributed by atoms with Gasteiger partial charge in [-0.15, -0.1) is 0 Å². The Labute approximate surface area is 243 Å². The fraction of sp³-hybridized carbons (Fsp3) is 0.594. The minimum atomic E-state index is -0.443. The molecule has 0 unspecified atom stereocenters. The average molecular weight is 566 g/mol. The van der Waals surface area contributed by atoms with Gasteiger partial charge in [0.2, 0.25) is 0 Å². The normalized spacial score (nSPS) is 25.0. The summed E-state index contributed by atoms with van der Waals surface area (Å²) in [5.74, 6) is 2.48. The first-order chi connectivity index (χ1) is 19.7. The highest BCUT2D eigenvalue weighted by Gasteiger charge is 2.56. The summed E-state index contributed by atoms with van der Waals surface area (Å²) in [4.78, 5) is 4.57. The largest absolute Gasteiger partial charge is 0.504 e. The van der Waals surface area contributed by atoms with Crippen molar-refractivity contribution in [3.05, 3.63) is 33.4 Å². The summed E-state index contributed by atoms with van der Waals surface area (Å²) in [6.07, 6.45) is 4.91. The van der Waals surface area contributed by atoms with Crippen molar-refractivity contribution in [2.45, 2.75) is 89.5 Å². The van der Waals surface area contributed by atoms with Crippen LogP contribution in [0, 0.1) is 25.2 Å². The first-order valence-corrected chi connectivity index (χ1v) is 14.5. The van der Waals surface area contributed by atoms with Crippen molar-refractivity contribution in [1.82, 2.24) is 9.80 Å². The van der Waals surface area contributed by atoms with Crippen LogP contribution in [0.3, 0.4) is 0 Å². The fourth-order valence-electron chi connectivity index (χ4n) is 8.09. The van der Waals surface area contributed by atoms with Gasteiger partial charge in [-0.1, -0.05) is 26.2 Å². The molecule has 0 amide bonds. The number of methoxy groups -OCH3 is 4. The molecule has 3 aliphatic heterocycles. The van der Waals surface area contributed by atoms with E-state index in [4.69, 9.17) is 18.9 Å². The molecule has 2 bridgehead atoms. The molecule has 9 heteroatoms. The second-order valence-electron chi connectivity index (χ2n) is 11.6. The third kappa shape index (κ3) is 4.10. The van der Waals surface area contributed by atoms with Gasteiger partial charge in [-0.3, -0.25) is 9.80 Å². The SMILES string of the molecule is CCCCC[C@H]1c2c(O)c(OC)c(C)c(OC)c2C[C@H]2[C@@H]3c4c(O)c(OC)c(C)c(OC)c4C[C@H]([C@H](C#N)N12)N3C. The zero-order chi connectivity index (χ0) is 29.7. The Balaban J connectivity index is 1.81. The van der Waals surface area contributed by atoms with Gasteiger partial charge < -0.3 is 29.2 Å². The quantitative estimate of drug-likeness (QED) is 0.423. The third-order valence-corrected chi connectivity index (χ3v) is 9.74. The summed E-state index contributed by atoms with van der Waals surface area (Å²) < 4.78 is 23.3. The van der Waals surface area contributed by atoms with E-state index in [0.717, 1.165) is 59.1 Å². The van der Waals surface area contributed by atoms with Crippen molar-refractivity contribution in [2.24, 2.45) is 0 Å². The Kier molecular flexibility index (Phi) is 7.92. The van der Waals surface area contributed by atoms with Crippen LogP contribution in [0.25, 0.3) is 0 Å². The minimum absolute atomic E-state index is 0.125. The molecule has 1 fully saturated rings. The lowest BCUT2D eigenvalue weighted by molar-refractivity contribution is -0.0752. The van der Waals surface area contributed by atoms with Crippen LogP contribution >= 0.6 is 0 Å². The molecule has 5 atom stereocenters. The topological polar surface area (TPSA) is 108 Å². The van der Waals surface area contributed by atoms with Gasteiger partial charge in [-0.25, -0.2) is 0 Å². The van der Waals surface area contributed by atoms with E-state index in [1.54, 1.807) is 28.4 Å². The second-order valence-corrected chi connectivity index (χ2v) is 11.6. The maximum atomic E-state index is 11.7. The number of rotatable bonds is 8. The Morgan fingerprint density at radius 2 is 1.32 bits per heavy atom. The molecule has 222 valence electrons. The van der Waals surface area contributed by atoms with Crippen LogP contribution in [0.2, 0.25) is 0 Å². The molecule has 0 spiro atoms. The fourth-order valence-corrected chi connectivity index (χ4v) is 8.09. The van der Waals surface area contributed by atoms with Crippen molar-refractivity contribution in [2.75, 3.05) is 35.5 Å². The smallest absolute Gasteiger partial charge is 0.167 e. The van der Waals surface area contributed by atoms with E-state index in [1.807, 2.05) is 20.9 Å². The standard InChI is InChI=1S/C32H43N3O6/c1-9-10-11-12-20-24-18(29(38-5)16(2)31(40-7)27(24)36)14-22-26-25-19(13-21(34(26)4)23(15-33)35(20)22)30(39-6)17(3)32(41-8)28(25)37/h20-23,26,36-37H,9-14H2,1-8H3/t20-,21+,22-,23-,26+/m0/s1.